The summed E-state index contributed by atoms with van der Waals surface area (Å²) in [6.07, 6.45) is 19.2. The van der Waals surface area contributed by atoms with Crippen molar-refractivity contribution in [2.24, 2.45) is 35.5 Å². The fourth-order valence-electron chi connectivity index (χ4n) is 16.4. The Morgan fingerprint density at radius 2 is 1.04 bits per heavy atom. The van der Waals surface area contributed by atoms with Crippen LogP contribution in [0.2, 0.25) is 10.0 Å². The molecule has 15 nitrogen and oxygen atoms in total. The van der Waals surface area contributed by atoms with Crippen LogP contribution in [0.3, 0.4) is 0 Å². The first-order valence-electron chi connectivity index (χ1n) is 33.7. The molecule has 4 aromatic carbocycles. The van der Waals surface area contributed by atoms with Crippen LogP contribution in [0.15, 0.2) is 134 Å². The number of aromatic nitrogens is 2. The number of benzene rings is 4. The number of rotatable bonds is 2. The van der Waals surface area contributed by atoms with Crippen molar-refractivity contribution < 1.29 is 50.7 Å². The third-order valence-electron chi connectivity index (χ3n) is 22.7. The number of halogens is 4. The van der Waals surface area contributed by atoms with Crippen LogP contribution in [-0.4, -0.2) is 100 Å². The van der Waals surface area contributed by atoms with E-state index >= 15 is 0 Å². The van der Waals surface area contributed by atoms with E-state index in [2.05, 4.69) is 53.3 Å². The Balaban J connectivity index is 0.000000174. The average Bonchev–Trinajstić information content (AvgIpc) is 1.28. The summed E-state index contributed by atoms with van der Waals surface area (Å²) in [7, 11) is -7.07. The van der Waals surface area contributed by atoms with E-state index in [0.29, 0.717) is 96.4 Å². The van der Waals surface area contributed by atoms with Gasteiger partial charge < -0.3 is 29.5 Å². The Morgan fingerprint density at radius 3 is 1.47 bits per heavy atom. The van der Waals surface area contributed by atoms with Gasteiger partial charge in [-0.3, -0.25) is 24.3 Å². The van der Waals surface area contributed by atoms with Crippen LogP contribution in [0.25, 0.3) is 0 Å². The molecule has 96 heavy (non-hydrogen) atoms. The van der Waals surface area contributed by atoms with E-state index in [-0.39, 0.29) is 51.9 Å². The van der Waals surface area contributed by atoms with Crippen LogP contribution < -0.4 is 28.7 Å². The highest BCUT2D eigenvalue weighted by Crippen LogP contribution is 2.53. The minimum absolute atomic E-state index is 0.0323. The molecular weight excluding hydrogens is 1300 g/mol. The number of hydrogen-bond donors (Lipinski definition) is 4. The van der Waals surface area contributed by atoms with Gasteiger partial charge in [0.1, 0.15) is 34.3 Å². The van der Waals surface area contributed by atoms with E-state index in [4.69, 9.17) is 32.7 Å². The van der Waals surface area contributed by atoms with E-state index in [1.807, 2.05) is 50.3 Å². The monoisotopic (exact) mass is 1380 g/mol. The van der Waals surface area contributed by atoms with Crippen LogP contribution in [-0.2, 0) is 54.6 Å². The minimum atomic E-state index is -4.04. The average molecular weight is 1390 g/mol. The summed E-state index contributed by atoms with van der Waals surface area (Å²) in [5.41, 5.74) is 4.12. The molecule has 4 N–H and O–H groups in total. The number of carbonyl (C=O) groups is 2. The van der Waals surface area contributed by atoms with Gasteiger partial charge in [0.25, 0.3) is 11.8 Å². The lowest BCUT2D eigenvalue weighted by Gasteiger charge is -2.49. The van der Waals surface area contributed by atoms with Gasteiger partial charge in [0, 0.05) is 75.3 Å². The molecule has 2 aromatic heterocycles. The Labute approximate surface area is 572 Å². The third kappa shape index (κ3) is 13.0. The third-order valence-corrected chi connectivity index (χ3v) is 27.3. The molecule has 508 valence electrons. The van der Waals surface area contributed by atoms with Gasteiger partial charge >= 0.3 is 0 Å². The minimum Gasteiger partial charge on any atom is -0.490 e. The van der Waals surface area contributed by atoms with Crippen molar-refractivity contribution >= 4 is 72.0 Å². The first kappa shape index (κ1) is 67.7. The summed E-state index contributed by atoms with van der Waals surface area (Å²) in [6.45, 7) is 10.5. The zero-order chi connectivity index (χ0) is 67.7. The number of aliphatic hydroxyl groups is 2. The number of nitrogens with zero attached hydrogens (tertiary/aromatic N) is 4. The highest BCUT2D eigenvalue weighted by Gasteiger charge is 2.52. The molecule has 2 saturated carbocycles. The number of pyridine rings is 2. The predicted molar refractivity (Wildman–Crippen MR) is 373 cm³/mol. The summed E-state index contributed by atoms with van der Waals surface area (Å²) < 4.78 is 86.9. The number of nitrogens with one attached hydrogen (secondary N) is 2. The van der Waals surface area contributed by atoms with Gasteiger partial charge in [-0.25, -0.2) is 26.1 Å². The summed E-state index contributed by atoms with van der Waals surface area (Å²) in [5.74, 6) is 2.37. The van der Waals surface area contributed by atoms with E-state index in [1.165, 1.54) is 40.5 Å². The summed E-state index contributed by atoms with van der Waals surface area (Å²) >= 11 is 12.9. The van der Waals surface area contributed by atoms with Crippen molar-refractivity contribution in [3.63, 3.8) is 0 Å². The van der Waals surface area contributed by atoms with E-state index in [0.717, 1.165) is 82.3 Å². The Kier molecular flexibility index (Phi) is 18.6. The number of ether oxygens (including phenoxy) is 2. The number of anilines is 2. The van der Waals surface area contributed by atoms with Gasteiger partial charge in [0.05, 0.1) is 63.3 Å². The normalized spacial score (nSPS) is 33.1. The molecule has 4 aliphatic carbocycles. The fourth-order valence-corrected chi connectivity index (χ4v) is 19.6. The van der Waals surface area contributed by atoms with Crippen molar-refractivity contribution in [2.45, 2.75) is 137 Å². The van der Waals surface area contributed by atoms with Gasteiger partial charge in [-0.05, 0) is 228 Å². The van der Waals surface area contributed by atoms with Crippen molar-refractivity contribution in [3.8, 4) is 11.5 Å². The molecule has 21 heteroatoms. The van der Waals surface area contributed by atoms with Crippen LogP contribution >= 0.6 is 23.2 Å². The summed E-state index contributed by atoms with van der Waals surface area (Å²) in [5, 5.41) is 25.0. The number of hydrogen-bond acceptors (Lipinski definition) is 13. The molecule has 14 rings (SSSR count). The van der Waals surface area contributed by atoms with Crippen molar-refractivity contribution in [2.75, 3.05) is 49.2 Å². The predicted octanol–water partition coefficient (Wildman–Crippen LogP) is 12.9. The topological polar surface area (TPSA) is 201 Å². The van der Waals surface area contributed by atoms with Crippen molar-refractivity contribution in [3.05, 3.63) is 200 Å². The van der Waals surface area contributed by atoms with E-state index in [9.17, 15) is 41.2 Å². The van der Waals surface area contributed by atoms with Crippen LogP contribution in [0.1, 0.15) is 146 Å². The highest BCUT2D eigenvalue weighted by atomic mass is 35.5. The molecule has 13 atom stereocenters. The molecule has 2 amide bonds. The second-order valence-electron chi connectivity index (χ2n) is 28.6. The lowest BCUT2D eigenvalue weighted by Crippen LogP contribution is -2.51. The molecule has 2 spiro atoms. The van der Waals surface area contributed by atoms with Crippen LogP contribution in [0.4, 0.5) is 20.2 Å². The number of aryl methyl sites for hydroxylation is 2. The van der Waals surface area contributed by atoms with Gasteiger partial charge in [-0.2, -0.15) is 0 Å². The van der Waals surface area contributed by atoms with Crippen LogP contribution in [0.5, 0.6) is 11.5 Å². The molecule has 0 radical (unpaired) electrons. The Bertz CT molecular complexity index is 4010. The molecule has 1 unspecified atom stereocenters. The van der Waals surface area contributed by atoms with Crippen molar-refractivity contribution in [1.29, 1.82) is 0 Å². The summed E-state index contributed by atoms with van der Waals surface area (Å²) in [4.78, 5) is 40.4. The molecule has 8 aliphatic rings. The van der Waals surface area contributed by atoms with Crippen LogP contribution in [0, 0.1) is 47.1 Å². The largest absolute Gasteiger partial charge is 0.490 e. The first-order chi connectivity index (χ1) is 45.8. The zero-order valence-electron chi connectivity index (χ0n) is 54.6. The van der Waals surface area contributed by atoms with Gasteiger partial charge in [0.2, 0.25) is 10.0 Å². The molecular formula is C75H84Cl2F2N6O9S2. The standard InChI is InChI=1S/C38H43ClFN3O4S.C37H41ClFN3O5S/c1-24-6-4-17-38(45,35-15-11-30(40)20-41-35)32-12-8-28(32)21-43-22-37(16-5-7-26-18-29(39)10-13-31(26)37)23-47-34-14-9-27(19-33(34)43)36(44)42-48(3,46)25(24)2;1-23-5-3-16-37(44,34-14-10-29(39)19-40-34)31-11-7-27(31)20-42-21-36(15-4-6-25-17-28(38)9-12-30(25)36)22-47-33-13-8-26(18-32(33)42)35(43)41-48(45,46)24(23)2/h4,9-11,13-15,17-20,24-25,28,32,45H,3,5-8,12,16,21-23H2,1-2H3,(H,42,44,46);3,8-10,12-14,16-19,23-24,27,31,44H,4-7,11,15,20-22H2,1-2H3,(H,41,43)/b17-4+;16-3+/t24-,25+,28-,32+,37-,38-,48?;23-,24+,27-,31+,36-,37+/m00/s1. The summed E-state index contributed by atoms with van der Waals surface area (Å²) in [6, 6.07) is 28.4. The Hall–Kier alpha value is -6.87. The van der Waals surface area contributed by atoms with Crippen molar-refractivity contribution in [1.82, 2.24) is 19.4 Å². The highest BCUT2D eigenvalue weighted by molar-refractivity contribution is 7.99. The zero-order valence-corrected chi connectivity index (χ0v) is 57.8. The lowest BCUT2D eigenvalue weighted by atomic mass is 9.63. The maximum atomic E-state index is 14.0. The smallest absolute Gasteiger partial charge is 0.264 e. The van der Waals surface area contributed by atoms with E-state index in [1.54, 1.807) is 62.4 Å². The van der Waals surface area contributed by atoms with E-state index < -0.39 is 64.9 Å². The number of fused-ring (bicyclic) bond motifs is 8. The molecule has 6 aromatic rings. The molecule has 2 fully saturated rings. The second kappa shape index (κ2) is 26.4. The maximum Gasteiger partial charge on any atom is 0.264 e. The number of carbonyl (C=O) groups excluding carboxylic acids is 2. The molecule has 4 bridgehead atoms. The Morgan fingerprint density at radius 1 is 0.594 bits per heavy atom. The molecule has 4 aliphatic heterocycles. The quantitative estimate of drug-likeness (QED) is 0.0943. The van der Waals surface area contributed by atoms with Gasteiger partial charge in [-0.15, -0.1) is 0 Å². The second-order valence-corrected chi connectivity index (χ2v) is 33.9. The SMILES string of the molecule is C=S1(=O)NC(=O)c2ccc3c(c2)N(C[C@@H]2CC[C@H]2[C@](O)(c2ccc(F)cn2)/C=C/C[C@H](C)[C@H]1C)C[C@@]1(CCCc2cc(Cl)ccc21)CO3.C[C@@H]1[C@@H](C)C/C=C/[C@](O)(c2ccc(F)cn2)[C@@H]2CC[C@H]2CN2C[C@@]3(CCCc4cc(Cl)ccc43)COc3ccc(cc32)C(=O)NS1(=O)=O. The van der Waals surface area contributed by atoms with Gasteiger partial charge in [0.15, 0.2) is 0 Å². The lowest BCUT2D eigenvalue weighted by molar-refractivity contribution is -0.0532. The number of amides is 2. The fraction of sp³-hybridized carbons (Fsp3) is 0.453. The molecule has 0 saturated heterocycles. The number of allylic oxidation sites excluding steroid dienone is 2. The maximum absolute atomic E-state index is 14.0. The molecule has 6 heterocycles. The van der Waals surface area contributed by atoms with Gasteiger partial charge in [-0.1, -0.05) is 73.5 Å². The first-order valence-corrected chi connectivity index (χ1v) is 37.8. The number of sulfonamides is 1.